The average Bonchev–Trinajstić information content (AvgIpc) is 3.35. The fraction of sp³-hybridized carbons (Fsp3) is 0.300. The lowest BCUT2D eigenvalue weighted by Crippen LogP contribution is -2.40. The summed E-state index contributed by atoms with van der Waals surface area (Å²) >= 11 is 1.23. The van der Waals surface area contributed by atoms with Crippen LogP contribution < -0.4 is 10.6 Å². The smallest absolute Gasteiger partial charge is 0.321 e. The van der Waals surface area contributed by atoms with Gasteiger partial charge in [0.15, 0.2) is 16.7 Å². The van der Waals surface area contributed by atoms with Crippen molar-refractivity contribution in [2.45, 2.75) is 32.1 Å². The maximum atomic E-state index is 12.1. The van der Waals surface area contributed by atoms with Crippen molar-refractivity contribution in [3.8, 4) is 11.6 Å². The zero-order chi connectivity index (χ0) is 20.6. The van der Waals surface area contributed by atoms with Crippen molar-refractivity contribution in [3.63, 3.8) is 0 Å². The first-order chi connectivity index (χ1) is 14.0. The third-order valence-corrected chi connectivity index (χ3v) is 4.85. The van der Waals surface area contributed by atoms with Gasteiger partial charge >= 0.3 is 6.03 Å². The largest absolute Gasteiger partial charge is 0.461 e. The maximum Gasteiger partial charge on any atom is 0.321 e. The molecule has 9 heteroatoms. The van der Waals surface area contributed by atoms with Gasteiger partial charge < -0.3 is 9.73 Å². The third-order valence-electron chi connectivity index (χ3n) is 3.89. The van der Waals surface area contributed by atoms with Crippen molar-refractivity contribution in [3.05, 3.63) is 54.3 Å². The molecule has 3 rings (SSSR count). The number of nitrogens with one attached hydrogen (secondary N) is 2. The Morgan fingerprint density at radius 3 is 2.62 bits per heavy atom. The SMILES string of the molecule is CC(C)Cn1c(SCC(=O)NC(=O)NCc2ccccc2)nnc1-c1ccco1. The number of nitrogens with zero attached hydrogens (tertiary/aromatic N) is 3. The minimum absolute atomic E-state index is 0.0488. The predicted octanol–water partition coefficient (Wildman–Crippen LogP) is 3.31. The number of benzene rings is 1. The lowest BCUT2D eigenvalue weighted by Gasteiger charge is -2.11. The van der Waals surface area contributed by atoms with E-state index in [0.717, 1.165) is 5.56 Å². The molecular weight excluding hydrogens is 390 g/mol. The fourth-order valence-corrected chi connectivity index (χ4v) is 3.38. The van der Waals surface area contributed by atoms with Crippen LogP contribution in [0.5, 0.6) is 0 Å². The summed E-state index contributed by atoms with van der Waals surface area (Å²) < 4.78 is 7.36. The van der Waals surface area contributed by atoms with E-state index in [4.69, 9.17) is 4.42 Å². The summed E-state index contributed by atoms with van der Waals surface area (Å²) in [5.41, 5.74) is 0.955. The second-order valence-electron chi connectivity index (χ2n) is 6.79. The van der Waals surface area contributed by atoms with Crippen LogP contribution in [0.2, 0.25) is 0 Å². The van der Waals surface area contributed by atoms with Gasteiger partial charge in [0.05, 0.1) is 12.0 Å². The van der Waals surface area contributed by atoms with Crippen LogP contribution in [-0.2, 0) is 17.9 Å². The Balaban J connectivity index is 1.55. The molecule has 0 aliphatic carbocycles. The molecule has 152 valence electrons. The first-order valence-corrected chi connectivity index (χ1v) is 10.2. The molecule has 1 aromatic carbocycles. The molecule has 0 bridgehead atoms. The van der Waals surface area contributed by atoms with Gasteiger partial charge in [-0.1, -0.05) is 55.9 Å². The number of imide groups is 1. The van der Waals surface area contributed by atoms with Crippen molar-refractivity contribution < 1.29 is 14.0 Å². The monoisotopic (exact) mass is 413 g/mol. The number of rotatable bonds is 8. The van der Waals surface area contributed by atoms with E-state index in [1.54, 1.807) is 12.3 Å². The summed E-state index contributed by atoms with van der Waals surface area (Å²) in [6.45, 7) is 5.21. The molecule has 0 spiro atoms. The molecule has 0 fully saturated rings. The summed E-state index contributed by atoms with van der Waals surface area (Å²) in [5, 5.41) is 14.0. The second-order valence-corrected chi connectivity index (χ2v) is 7.74. The van der Waals surface area contributed by atoms with Crippen LogP contribution in [-0.4, -0.2) is 32.5 Å². The Morgan fingerprint density at radius 1 is 1.14 bits per heavy atom. The molecule has 8 nitrogen and oxygen atoms in total. The van der Waals surface area contributed by atoms with E-state index < -0.39 is 11.9 Å². The van der Waals surface area contributed by atoms with E-state index in [1.807, 2.05) is 41.0 Å². The summed E-state index contributed by atoms with van der Waals surface area (Å²) in [6, 6.07) is 12.6. The van der Waals surface area contributed by atoms with Gasteiger partial charge in [-0.15, -0.1) is 10.2 Å². The molecule has 0 unspecified atom stereocenters. The fourth-order valence-electron chi connectivity index (χ4n) is 2.63. The Kier molecular flexibility index (Phi) is 7.07. The molecule has 3 aromatic rings. The number of aromatic nitrogens is 3. The average molecular weight is 414 g/mol. The second kappa shape index (κ2) is 9.92. The molecule has 0 aliphatic rings. The Hall–Kier alpha value is -3.07. The molecule has 29 heavy (non-hydrogen) atoms. The Morgan fingerprint density at radius 2 is 1.93 bits per heavy atom. The third kappa shape index (κ3) is 5.95. The number of carbonyl (C=O) groups is 2. The van der Waals surface area contributed by atoms with E-state index in [2.05, 4.69) is 34.7 Å². The number of hydrogen-bond acceptors (Lipinski definition) is 6. The summed E-state index contributed by atoms with van der Waals surface area (Å²) in [6.07, 6.45) is 1.58. The number of thioether (sulfide) groups is 1. The molecule has 0 saturated carbocycles. The van der Waals surface area contributed by atoms with E-state index in [9.17, 15) is 9.59 Å². The first-order valence-electron chi connectivity index (χ1n) is 9.24. The standard InChI is InChI=1S/C20H23N5O3S/c1-14(2)12-25-18(16-9-6-10-28-16)23-24-20(25)29-13-17(26)22-19(27)21-11-15-7-4-3-5-8-15/h3-10,14H,11-13H2,1-2H3,(H2,21,22,26,27). The lowest BCUT2D eigenvalue weighted by atomic mass is 10.2. The summed E-state index contributed by atoms with van der Waals surface area (Å²) in [5.74, 6) is 1.24. The van der Waals surface area contributed by atoms with E-state index in [1.165, 1.54) is 11.8 Å². The van der Waals surface area contributed by atoms with Gasteiger partial charge in [0.1, 0.15) is 0 Å². The molecule has 0 saturated heterocycles. The van der Waals surface area contributed by atoms with Crippen LogP contribution in [0, 0.1) is 5.92 Å². The van der Waals surface area contributed by atoms with Crippen LogP contribution in [0.15, 0.2) is 58.3 Å². The highest BCUT2D eigenvalue weighted by Gasteiger charge is 2.18. The molecule has 2 N–H and O–H groups in total. The van der Waals surface area contributed by atoms with E-state index in [-0.39, 0.29) is 5.75 Å². The topological polar surface area (TPSA) is 102 Å². The zero-order valence-corrected chi connectivity index (χ0v) is 17.1. The van der Waals surface area contributed by atoms with Gasteiger partial charge in [-0.05, 0) is 23.6 Å². The van der Waals surface area contributed by atoms with Crippen molar-refractivity contribution >= 4 is 23.7 Å². The molecule has 2 aromatic heterocycles. The van der Waals surface area contributed by atoms with Gasteiger partial charge in [-0.25, -0.2) is 4.79 Å². The van der Waals surface area contributed by atoms with Crippen molar-refractivity contribution in [2.75, 3.05) is 5.75 Å². The number of urea groups is 1. The zero-order valence-electron chi connectivity index (χ0n) is 16.3. The molecule has 0 atom stereocenters. The minimum atomic E-state index is -0.528. The minimum Gasteiger partial charge on any atom is -0.461 e. The molecule has 0 aliphatic heterocycles. The van der Waals surface area contributed by atoms with Crippen LogP contribution in [0.25, 0.3) is 11.6 Å². The van der Waals surface area contributed by atoms with E-state index >= 15 is 0 Å². The van der Waals surface area contributed by atoms with Gasteiger partial charge in [0.2, 0.25) is 5.91 Å². The van der Waals surface area contributed by atoms with Gasteiger partial charge in [0, 0.05) is 13.1 Å². The van der Waals surface area contributed by atoms with Crippen molar-refractivity contribution in [2.24, 2.45) is 5.92 Å². The highest BCUT2D eigenvalue weighted by atomic mass is 32.2. The molecule has 3 amide bonds. The number of furan rings is 1. The Bertz CT molecular complexity index is 938. The van der Waals surface area contributed by atoms with E-state index in [0.29, 0.717) is 35.7 Å². The van der Waals surface area contributed by atoms with Crippen molar-refractivity contribution in [1.29, 1.82) is 0 Å². The highest BCUT2D eigenvalue weighted by molar-refractivity contribution is 7.99. The molecular formula is C20H23N5O3S. The van der Waals surface area contributed by atoms with Crippen LogP contribution in [0.3, 0.4) is 0 Å². The molecule has 2 heterocycles. The summed E-state index contributed by atoms with van der Waals surface area (Å²) in [4.78, 5) is 24.1. The predicted molar refractivity (Wildman–Crippen MR) is 110 cm³/mol. The normalized spacial score (nSPS) is 10.9. The number of carbonyl (C=O) groups excluding carboxylic acids is 2. The van der Waals surface area contributed by atoms with Gasteiger partial charge in [-0.3, -0.25) is 14.7 Å². The van der Waals surface area contributed by atoms with Gasteiger partial charge in [-0.2, -0.15) is 0 Å². The number of hydrogen-bond donors (Lipinski definition) is 2. The summed E-state index contributed by atoms with van der Waals surface area (Å²) in [7, 11) is 0. The quantitative estimate of drug-likeness (QED) is 0.549. The van der Waals surface area contributed by atoms with Crippen LogP contribution >= 0.6 is 11.8 Å². The maximum absolute atomic E-state index is 12.1. The van der Waals surface area contributed by atoms with Gasteiger partial charge in [0.25, 0.3) is 0 Å². The van der Waals surface area contributed by atoms with Crippen LogP contribution in [0.4, 0.5) is 4.79 Å². The highest BCUT2D eigenvalue weighted by Crippen LogP contribution is 2.25. The molecule has 0 radical (unpaired) electrons. The first kappa shape index (κ1) is 20.7. The Labute approximate surface area is 173 Å². The van der Waals surface area contributed by atoms with Crippen LogP contribution in [0.1, 0.15) is 19.4 Å². The lowest BCUT2D eigenvalue weighted by molar-refractivity contribution is -0.117. The van der Waals surface area contributed by atoms with Crippen molar-refractivity contribution in [1.82, 2.24) is 25.4 Å². The number of amides is 3.